The lowest BCUT2D eigenvalue weighted by molar-refractivity contribution is 0.0713. The summed E-state index contributed by atoms with van der Waals surface area (Å²) in [6, 6.07) is 0. The molecule has 1 nitrogen and oxygen atoms in total. The minimum absolute atomic E-state index is 0.243. The second kappa shape index (κ2) is 4.94. The van der Waals surface area contributed by atoms with E-state index >= 15 is 0 Å². The Morgan fingerprint density at radius 1 is 1.54 bits per heavy atom. The van der Waals surface area contributed by atoms with Crippen molar-refractivity contribution >= 4 is 0 Å². The maximum atomic E-state index is 14.1. The fourth-order valence-corrected chi connectivity index (χ4v) is 2.09. The van der Waals surface area contributed by atoms with E-state index in [1.807, 2.05) is 0 Å². The summed E-state index contributed by atoms with van der Waals surface area (Å²) in [5.74, 6) is 0.243. The molecule has 1 saturated heterocycles. The van der Waals surface area contributed by atoms with Crippen molar-refractivity contribution in [2.24, 2.45) is 5.92 Å². The molecule has 2 unspecified atom stereocenters. The first-order chi connectivity index (χ1) is 6.17. The highest BCUT2D eigenvalue weighted by atomic mass is 19.1. The van der Waals surface area contributed by atoms with Crippen molar-refractivity contribution in [3.63, 3.8) is 0 Å². The van der Waals surface area contributed by atoms with Gasteiger partial charge in [-0.15, -0.1) is 0 Å². The number of nitrogens with one attached hydrogen (secondary N) is 1. The molecule has 1 heterocycles. The normalized spacial score (nSPS) is 28.4. The van der Waals surface area contributed by atoms with E-state index in [9.17, 15) is 4.39 Å². The lowest BCUT2D eigenvalue weighted by atomic mass is 9.82. The summed E-state index contributed by atoms with van der Waals surface area (Å²) in [5, 5.41) is 3.28. The molecular formula is C11H22FN. The Labute approximate surface area is 81.1 Å². The van der Waals surface area contributed by atoms with Gasteiger partial charge in [0.15, 0.2) is 0 Å². The standard InChI is InChI=1S/C11H22FN/c1-3-4-7-11(2,12)10-6-5-8-13-9-10/h10,13H,3-9H2,1-2H3. The molecule has 1 N–H and O–H groups in total. The van der Waals surface area contributed by atoms with Crippen LogP contribution in [0.3, 0.4) is 0 Å². The number of hydrogen-bond acceptors (Lipinski definition) is 1. The molecule has 13 heavy (non-hydrogen) atoms. The number of hydrogen-bond donors (Lipinski definition) is 1. The van der Waals surface area contributed by atoms with Crippen molar-refractivity contribution in [3.05, 3.63) is 0 Å². The van der Waals surface area contributed by atoms with Crippen molar-refractivity contribution in [1.82, 2.24) is 5.32 Å². The average molecular weight is 187 g/mol. The summed E-state index contributed by atoms with van der Waals surface area (Å²) in [6.45, 7) is 5.84. The maximum absolute atomic E-state index is 14.1. The summed E-state index contributed by atoms with van der Waals surface area (Å²) < 4.78 is 14.1. The Kier molecular flexibility index (Phi) is 4.17. The highest BCUT2D eigenvalue weighted by molar-refractivity contribution is 4.86. The Morgan fingerprint density at radius 2 is 2.31 bits per heavy atom. The molecule has 2 atom stereocenters. The van der Waals surface area contributed by atoms with E-state index < -0.39 is 5.67 Å². The van der Waals surface area contributed by atoms with Gasteiger partial charge >= 0.3 is 0 Å². The third-order valence-electron chi connectivity index (χ3n) is 3.17. The molecule has 78 valence electrons. The Balaban J connectivity index is 2.36. The second-order valence-corrected chi connectivity index (χ2v) is 4.42. The Morgan fingerprint density at radius 3 is 2.85 bits per heavy atom. The second-order valence-electron chi connectivity index (χ2n) is 4.42. The first-order valence-electron chi connectivity index (χ1n) is 5.56. The van der Waals surface area contributed by atoms with Crippen molar-refractivity contribution in [1.29, 1.82) is 0 Å². The van der Waals surface area contributed by atoms with Gasteiger partial charge in [0.1, 0.15) is 5.67 Å². The monoisotopic (exact) mass is 187 g/mol. The van der Waals surface area contributed by atoms with Gasteiger partial charge in [-0.3, -0.25) is 0 Å². The predicted molar refractivity (Wildman–Crippen MR) is 54.6 cm³/mol. The Bertz CT molecular complexity index is 139. The van der Waals surface area contributed by atoms with E-state index in [0.717, 1.165) is 45.2 Å². The molecule has 0 aromatic rings. The fraction of sp³-hybridized carbons (Fsp3) is 1.00. The molecule has 0 spiro atoms. The van der Waals surface area contributed by atoms with Crippen LogP contribution >= 0.6 is 0 Å². The zero-order valence-corrected chi connectivity index (χ0v) is 8.91. The summed E-state index contributed by atoms with van der Waals surface area (Å²) in [6.07, 6.45) is 5.04. The van der Waals surface area contributed by atoms with E-state index in [4.69, 9.17) is 0 Å². The van der Waals surface area contributed by atoms with Crippen LogP contribution < -0.4 is 5.32 Å². The number of halogens is 1. The molecule has 1 rings (SSSR count). The molecule has 0 saturated carbocycles. The molecule has 0 aliphatic carbocycles. The summed E-state index contributed by atoms with van der Waals surface area (Å²) >= 11 is 0. The minimum atomic E-state index is -0.941. The smallest absolute Gasteiger partial charge is 0.112 e. The van der Waals surface area contributed by atoms with Crippen molar-refractivity contribution < 1.29 is 4.39 Å². The first kappa shape index (κ1) is 11.0. The summed E-state index contributed by atoms with van der Waals surface area (Å²) in [4.78, 5) is 0. The predicted octanol–water partition coefficient (Wildman–Crippen LogP) is 2.90. The SMILES string of the molecule is CCCCC(C)(F)C1CCCNC1. The van der Waals surface area contributed by atoms with Crippen molar-refractivity contribution in [2.45, 2.75) is 51.6 Å². The Hall–Kier alpha value is -0.110. The molecule has 1 aliphatic rings. The van der Waals surface area contributed by atoms with E-state index in [1.54, 1.807) is 6.92 Å². The summed E-state index contributed by atoms with van der Waals surface area (Å²) in [5.41, 5.74) is -0.941. The van der Waals surface area contributed by atoms with Crippen LogP contribution in [0.25, 0.3) is 0 Å². The van der Waals surface area contributed by atoms with E-state index in [1.165, 1.54) is 0 Å². The van der Waals surface area contributed by atoms with Crippen LogP contribution in [0.4, 0.5) is 4.39 Å². The van der Waals surface area contributed by atoms with Gasteiger partial charge in [0.05, 0.1) is 0 Å². The van der Waals surface area contributed by atoms with Gasteiger partial charge in [-0.1, -0.05) is 19.8 Å². The molecule has 0 bridgehead atoms. The van der Waals surface area contributed by atoms with Crippen LogP contribution in [0.1, 0.15) is 46.0 Å². The third kappa shape index (κ3) is 3.26. The molecule has 0 radical (unpaired) electrons. The number of unbranched alkanes of at least 4 members (excludes halogenated alkanes) is 1. The van der Waals surface area contributed by atoms with Crippen LogP contribution in [0.15, 0.2) is 0 Å². The fourth-order valence-electron chi connectivity index (χ4n) is 2.09. The van der Waals surface area contributed by atoms with Crippen LogP contribution in [-0.2, 0) is 0 Å². The molecule has 0 amide bonds. The number of alkyl halides is 1. The average Bonchev–Trinajstić information content (AvgIpc) is 2.16. The van der Waals surface area contributed by atoms with E-state index in [-0.39, 0.29) is 5.92 Å². The van der Waals surface area contributed by atoms with Gasteiger partial charge in [-0.25, -0.2) is 4.39 Å². The lowest BCUT2D eigenvalue weighted by Crippen LogP contribution is -2.41. The van der Waals surface area contributed by atoms with Gasteiger partial charge in [-0.05, 0) is 32.7 Å². The van der Waals surface area contributed by atoms with Gasteiger partial charge < -0.3 is 5.32 Å². The highest BCUT2D eigenvalue weighted by Crippen LogP contribution is 2.32. The van der Waals surface area contributed by atoms with E-state index in [0.29, 0.717) is 0 Å². The number of piperidine rings is 1. The van der Waals surface area contributed by atoms with Crippen LogP contribution in [-0.4, -0.2) is 18.8 Å². The van der Waals surface area contributed by atoms with Crippen LogP contribution in [0.5, 0.6) is 0 Å². The topological polar surface area (TPSA) is 12.0 Å². The third-order valence-corrected chi connectivity index (χ3v) is 3.17. The van der Waals surface area contributed by atoms with E-state index in [2.05, 4.69) is 12.2 Å². The van der Waals surface area contributed by atoms with Crippen LogP contribution in [0, 0.1) is 5.92 Å². The van der Waals surface area contributed by atoms with Crippen LogP contribution in [0.2, 0.25) is 0 Å². The van der Waals surface area contributed by atoms with Gasteiger partial charge in [0, 0.05) is 12.5 Å². The zero-order chi connectivity index (χ0) is 9.73. The maximum Gasteiger partial charge on any atom is 0.112 e. The van der Waals surface area contributed by atoms with Crippen molar-refractivity contribution in [3.8, 4) is 0 Å². The van der Waals surface area contributed by atoms with Crippen molar-refractivity contribution in [2.75, 3.05) is 13.1 Å². The number of rotatable bonds is 4. The minimum Gasteiger partial charge on any atom is -0.316 e. The molecule has 2 heteroatoms. The van der Waals surface area contributed by atoms with Gasteiger partial charge in [-0.2, -0.15) is 0 Å². The molecule has 0 aromatic carbocycles. The molecule has 1 aliphatic heterocycles. The summed E-state index contributed by atoms with van der Waals surface area (Å²) in [7, 11) is 0. The molecular weight excluding hydrogens is 165 g/mol. The van der Waals surface area contributed by atoms with Gasteiger partial charge in [0.25, 0.3) is 0 Å². The molecule has 1 fully saturated rings. The highest BCUT2D eigenvalue weighted by Gasteiger charge is 2.33. The quantitative estimate of drug-likeness (QED) is 0.713. The lowest BCUT2D eigenvalue weighted by Gasteiger charge is -2.33. The first-order valence-corrected chi connectivity index (χ1v) is 5.56. The largest absolute Gasteiger partial charge is 0.316 e. The zero-order valence-electron chi connectivity index (χ0n) is 8.91. The van der Waals surface area contributed by atoms with Gasteiger partial charge in [0.2, 0.25) is 0 Å². The molecule has 0 aromatic heterocycles.